The zero-order valence-electron chi connectivity index (χ0n) is 12.0. The van der Waals surface area contributed by atoms with Crippen molar-refractivity contribution < 1.29 is 4.39 Å². The van der Waals surface area contributed by atoms with E-state index >= 15 is 0 Å². The second-order valence-electron chi connectivity index (χ2n) is 5.32. The number of nitrogens with zero attached hydrogens (tertiary/aromatic N) is 4. The third-order valence-electron chi connectivity index (χ3n) is 3.71. The number of nitrogens with two attached hydrogens (primary N) is 1. The first-order valence-electron chi connectivity index (χ1n) is 7.16. The van der Waals surface area contributed by atoms with Gasteiger partial charge in [-0.25, -0.2) is 4.39 Å². The third kappa shape index (κ3) is 2.94. The molecule has 2 N–H and O–H groups in total. The van der Waals surface area contributed by atoms with Gasteiger partial charge < -0.3 is 10.6 Å². The number of aromatic nitrogens is 3. The molecule has 21 heavy (non-hydrogen) atoms. The minimum absolute atomic E-state index is 0.198. The smallest absolute Gasteiger partial charge is 0.230 e. The average Bonchev–Trinajstić information content (AvgIpc) is 2.47. The van der Waals surface area contributed by atoms with Gasteiger partial charge in [0.25, 0.3) is 0 Å². The van der Waals surface area contributed by atoms with Gasteiger partial charge in [0.2, 0.25) is 11.9 Å². The normalized spacial score (nSPS) is 15.2. The molecule has 1 aromatic heterocycles. The molecular weight excluding hydrogens is 269 g/mol. The van der Waals surface area contributed by atoms with Gasteiger partial charge in [-0.15, -0.1) is 0 Å². The molecule has 6 heteroatoms. The Morgan fingerprint density at radius 1 is 1.10 bits per heavy atom. The van der Waals surface area contributed by atoms with Crippen LogP contribution in [-0.4, -0.2) is 28.0 Å². The van der Waals surface area contributed by atoms with Gasteiger partial charge in [0.05, 0.1) is 0 Å². The summed E-state index contributed by atoms with van der Waals surface area (Å²) < 4.78 is 13.2. The summed E-state index contributed by atoms with van der Waals surface area (Å²) in [5.74, 6) is 1.04. The summed E-state index contributed by atoms with van der Waals surface area (Å²) in [4.78, 5) is 15.1. The monoisotopic (exact) mass is 287 g/mol. The molecule has 0 bridgehead atoms. The molecule has 1 aliphatic heterocycles. The van der Waals surface area contributed by atoms with Crippen LogP contribution in [0.5, 0.6) is 0 Å². The Balaban J connectivity index is 2.00. The summed E-state index contributed by atoms with van der Waals surface area (Å²) in [6.07, 6.45) is 3.51. The molecule has 1 saturated heterocycles. The van der Waals surface area contributed by atoms with Crippen LogP contribution in [0.1, 0.15) is 24.8 Å². The van der Waals surface area contributed by atoms with Crippen molar-refractivity contribution >= 4 is 11.9 Å². The van der Waals surface area contributed by atoms with E-state index in [1.165, 1.54) is 18.6 Å². The maximum absolute atomic E-state index is 13.2. The minimum atomic E-state index is -0.269. The van der Waals surface area contributed by atoms with E-state index in [0.717, 1.165) is 37.1 Å². The first-order chi connectivity index (χ1) is 10.1. The Morgan fingerprint density at radius 2 is 1.86 bits per heavy atom. The van der Waals surface area contributed by atoms with Gasteiger partial charge in [-0.05, 0) is 49.9 Å². The summed E-state index contributed by atoms with van der Waals surface area (Å²) >= 11 is 0. The van der Waals surface area contributed by atoms with Gasteiger partial charge in [-0.2, -0.15) is 15.0 Å². The third-order valence-corrected chi connectivity index (χ3v) is 3.71. The number of nitrogen functional groups attached to an aromatic ring is 1. The molecule has 2 aromatic rings. The van der Waals surface area contributed by atoms with Gasteiger partial charge in [0.1, 0.15) is 5.82 Å². The number of hydrogen-bond donors (Lipinski definition) is 1. The number of anilines is 2. The first-order valence-corrected chi connectivity index (χ1v) is 7.16. The molecule has 110 valence electrons. The molecule has 0 radical (unpaired) electrons. The van der Waals surface area contributed by atoms with Gasteiger partial charge in [-0.3, -0.25) is 0 Å². The zero-order chi connectivity index (χ0) is 14.8. The van der Waals surface area contributed by atoms with Crippen LogP contribution in [0.4, 0.5) is 16.3 Å². The van der Waals surface area contributed by atoms with Crippen LogP contribution in [0, 0.1) is 12.7 Å². The molecule has 0 spiro atoms. The van der Waals surface area contributed by atoms with Crippen molar-refractivity contribution in [1.29, 1.82) is 0 Å². The number of benzene rings is 1. The largest absolute Gasteiger partial charge is 0.368 e. The Morgan fingerprint density at radius 3 is 2.57 bits per heavy atom. The Labute approximate surface area is 123 Å². The molecule has 0 aliphatic carbocycles. The van der Waals surface area contributed by atoms with Crippen molar-refractivity contribution in [2.24, 2.45) is 0 Å². The molecule has 0 atom stereocenters. The minimum Gasteiger partial charge on any atom is -0.368 e. The van der Waals surface area contributed by atoms with E-state index in [1.54, 1.807) is 6.07 Å². The van der Waals surface area contributed by atoms with Gasteiger partial charge in [0, 0.05) is 18.7 Å². The highest BCUT2D eigenvalue weighted by molar-refractivity contribution is 5.62. The van der Waals surface area contributed by atoms with Crippen LogP contribution in [-0.2, 0) is 0 Å². The Bertz CT molecular complexity index is 653. The topological polar surface area (TPSA) is 67.9 Å². The van der Waals surface area contributed by atoms with E-state index in [2.05, 4.69) is 19.9 Å². The molecular formula is C15H18FN5. The van der Waals surface area contributed by atoms with E-state index in [1.807, 2.05) is 6.92 Å². The van der Waals surface area contributed by atoms with Crippen LogP contribution >= 0.6 is 0 Å². The van der Waals surface area contributed by atoms with E-state index in [4.69, 9.17) is 5.73 Å². The fraction of sp³-hybridized carbons (Fsp3) is 0.400. The SMILES string of the molecule is Cc1cc(F)ccc1-c1nc(N)nc(N2CCCCC2)n1. The van der Waals surface area contributed by atoms with Crippen LogP contribution in [0.2, 0.25) is 0 Å². The number of piperidine rings is 1. The molecule has 1 fully saturated rings. The van der Waals surface area contributed by atoms with Crippen molar-refractivity contribution in [3.8, 4) is 11.4 Å². The maximum Gasteiger partial charge on any atom is 0.230 e. The lowest BCUT2D eigenvalue weighted by atomic mass is 10.1. The first kappa shape index (κ1) is 13.7. The predicted molar refractivity (Wildman–Crippen MR) is 80.4 cm³/mol. The highest BCUT2D eigenvalue weighted by atomic mass is 19.1. The van der Waals surface area contributed by atoms with Crippen LogP contribution in [0.25, 0.3) is 11.4 Å². The Kier molecular flexibility index (Phi) is 3.68. The van der Waals surface area contributed by atoms with Crippen molar-refractivity contribution in [1.82, 2.24) is 15.0 Å². The number of hydrogen-bond acceptors (Lipinski definition) is 5. The summed E-state index contributed by atoms with van der Waals surface area (Å²) in [6.45, 7) is 3.70. The average molecular weight is 287 g/mol. The lowest BCUT2D eigenvalue weighted by Gasteiger charge is -2.26. The summed E-state index contributed by atoms with van der Waals surface area (Å²) in [5.41, 5.74) is 7.38. The Hall–Kier alpha value is -2.24. The van der Waals surface area contributed by atoms with E-state index < -0.39 is 0 Å². The van der Waals surface area contributed by atoms with Crippen LogP contribution in [0.3, 0.4) is 0 Å². The predicted octanol–water partition coefficient (Wildman–Crippen LogP) is 2.56. The lowest BCUT2D eigenvalue weighted by molar-refractivity contribution is 0.568. The van der Waals surface area contributed by atoms with Crippen LogP contribution < -0.4 is 10.6 Å². The van der Waals surface area contributed by atoms with Crippen LogP contribution in [0.15, 0.2) is 18.2 Å². The summed E-state index contributed by atoms with van der Waals surface area (Å²) in [5, 5.41) is 0. The molecule has 3 rings (SSSR count). The summed E-state index contributed by atoms with van der Waals surface area (Å²) in [6, 6.07) is 4.55. The van der Waals surface area contributed by atoms with E-state index in [-0.39, 0.29) is 11.8 Å². The quantitative estimate of drug-likeness (QED) is 0.919. The van der Waals surface area contributed by atoms with Crippen molar-refractivity contribution in [3.63, 3.8) is 0 Å². The van der Waals surface area contributed by atoms with Gasteiger partial charge in [0.15, 0.2) is 5.82 Å². The molecule has 1 aliphatic rings. The highest BCUT2D eigenvalue weighted by Crippen LogP contribution is 2.24. The molecule has 0 amide bonds. The van der Waals surface area contributed by atoms with Crippen molar-refractivity contribution in [2.75, 3.05) is 23.7 Å². The lowest BCUT2D eigenvalue weighted by Crippen LogP contribution is -2.31. The second-order valence-corrected chi connectivity index (χ2v) is 5.32. The van der Waals surface area contributed by atoms with E-state index in [9.17, 15) is 4.39 Å². The molecule has 0 saturated carbocycles. The maximum atomic E-state index is 13.2. The van der Waals surface area contributed by atoms with Crippen molar-refractivity contribution in [2.45, 2.75) is 26.2 Å². The molecule has 1 aromatic carbocycles. The fourth-order valence-corrected chi connectivity index (χ4v) is 2.61. The number of halogens is 1. The second kappa shape index (κ2) is 5.63. The van der Waals surface area contributed by atoms with Gasteiger partial charge in [-0.1, -0.05) is 0 Å². The number of rotatable bonds is 2. The highest BCUT2D eigenvalue weighted by Gasteiger charge is 2.16. The molecule has 0 unspecified atom stereocenters. The fourth-order valence-electron chi connectivity index (χ4n) is 2.61. The standard InChI is InChI=1S/C15H18FN5/c1-10-9-11(16)5-6-12(10)13-18-14(17)20-15(19-13)21-7-3-2-4-8-21/h5-6,9H,2-4,7-8H2,1H3,(H2,17,18,19,20). The molecule has 2 heterocycles. The van der Waals surface area contributed by atoms with Gasteiger partial charge >= 0.3 is 0 Å². The van der Waals surface area contributed by atoms with Crippen molar-refractivity contribution in [3.05, 3.63) is 29.6 Å². The summed E-state index contributed by atoms with van der Waals surface area (Å²) in [7, 11) is 0. The molecule has 5 nitrogen and oxygen atoms in total. The zero-order valence-corrected chi connectivity index (χ0v) is 12.0. The van der Waals surface area contributed by atoms with E-state index in [0.29, 0.717) is 11.8 Å². The number of aryl methyl sites for hydroxylation is 1.